The van der Waals surface area contributed by atoms with Crippen molar-refractivity contribution in [3.05, 3.63) is 59.7 Å². The topological polar surface area (TPSA) is 38.0 Å². The molecule has 16 heavy (non-hydrogen) atoms. The van der Waals surface area contributed by atoms with Gasteiger partial charge in [0.15, 0.2) is 0 Å². The molecule has 2 aromatic carbocycles. The summed E-state index contributed by atoms with van der Waals surface area (Å²) in [4.78, 5) is 0. The molecular weight excluding hydrogens is 196 g/mol. The third kappa shape index (κ3) is 1.34. The number of nitrogens with one attached hydrogen (secondary N) is 1. The first-order valence-electron chi connectivity index (χ1n) is 5.53. The van der Waals surface area contributed by atoms with Crippen molar-refractivity contribution < 1.29 is 0 Å². The van der Waals surface area contributed by atoms with E-state index < -0.39 is 0 Å². The van der Waals surface area contributed by atoms with Gasteiger partial charge in [0.25, 0.3) is 0 Å². The van der Waals surface area contributed by atoms with Crippen molar-refractivity contribution >= 4 is 11.4 Å². The van der Waals surface area contributed by atoms with Crippen molar-refractivity contribution in [1.82, 2.24) is 0 Å². The van der Waals surface area contributed by atoms with E-state index in [0.29, 0.717) is 5.92 Å². The summed E-state index contributed by atoms with van der Waals surface area (Å²) < 4.78 is 0. The molecule has 1 aliphatic heterocycles. The van der Waals surface area contributed by atoms with Gasteiger partial charge in [0.1, 0.15) is 0 Å². The third-order valence-corrected chi connectivity index (χ3v) is 3.20. The molecule has 0 radical (unpaired) electrons. The fourth-order valence-electron chi connectivity index (χ4n) is 2.39. The zero-order valence-electron chi connectivity index (χ0n) is 8.98. The van der Waals surface area contributed by atoms with E-state index in [1.54, 1.807) is 0 Å². The number of anilines is 2. The smallest absolute Gasteiger partial charge is 0.0380 e. The molecule has 2 heteroatoms. The number of fused-ring (bicyclic) bond motifs is 1. The lowest BCUT2D eigenvalue weighted by Gasteiger charge is -2.13. The lowest BCUT2D eigenvalue weighted by atomic mass is 9.92. The summed E-state index contributed by atoms with van der Waals surface area (Å²) in [5.74, 6) is 0.386. The van der Waals surface area contributed by atoms with Crippen LogP contribution < -0.4 is 11.1 Å². The average Bonchev–Trinajstić information content (AvgIpc) is 2.74. The fourth-order valence-corrected chi connectivity index (χ4v) is 2.39. The molecule has 1 unspecified atom stereocenters. The summed E-state index contributed by atoms with van der Waals surface area (Å²) in [6.45, 7) is 0.938. The molecule has 3 rings (SSSR count). The van der Waals surface area contributed by atoms with Crippen LogP contribution in [-0.4, -0.2) is 6.54 Å². The van der Waals surface area contributed by atoms with E-state index >= 15 is 0 Å². The summed E-state index contributed by atoms with van der Waals surface area (Å²) in [6, 6.07) is 16.5. The second-order valence-electron chi connectivity index (χ2n) is 4.15. The summed E-state index contributed by atoms with van der Waals surface area (Å²) >= 11 is 0. The first-order valence-corrected chi connectivity index (χ1v) is 5.53. The van der Waals surface area contributed by atoms with Gasteiger partial charge in [-0.15, -0.1) is 0 Å². The standard InChI is InChI=1S/C14H14N2/c15-13-7-3-1-5-10(13)12-9-16-14-8-4-2-6-11(12)14/h1-8,12,16H,9,15H2. The van der Waals surface area contributed by atoms with E-state index in [-0.39, 0.29) is 0 Å². The van der Waals surface area contributed by atoms with Gasteiger partial charge in [-0.25, -0.2) is 0 Å². The molecule has 0 bridgehead atoms. The Kier molecular flexibility index (Phi) is 2.07. The van der Waals surface area contributed by atoms with Crippen molar-refractivity contribution in [3.8, 4) is 0 Å². The Morgan fingerprint density at radius 2 is 1.62 bits per heavy atom. The normalized spacial score (nSPS) is 17.9. The van der Waals surface area contributed by atoms with Crippen LogP contribution in [0.5, 0.6) is 0 Å². The number of nitrogens with two attached hydrogens (primary N) is 1. The first-order chi connectivity index (χ1) is 7.86. The Labute approximate surface area is 95.1 Å². The fraction of sp³-hybridized carbons (Fsp3) is 0.143. The quantitative estimate of drug-likeness (QED) is 0.710. The van der Waals surface area contributed by atoms with Crippen molar-refractivity contribution in [1.29, 1.82) is 0 Å². The van der Waals surface area contributed by atoms with Gasteiger partial charge in [0.2, 0.25) is 0 Å². The number of hydrogen-bond acceptors (Lipinski definition) is 2. The highest BCUT2D eigenvalue weighted by Gasteiger charge is 2.24. The zero-order chi connectivity index (χ0) is 11.0. The van der Waals surface area contributed by atoms with Gasteiger partial charge in [0.05, 0.1) is 0 Å². The van der Waals surface area contributed by atoms with Crippen molar-refractivity contribution in [2.75, 3.05) is 17.6 Å². The van der Waals surface area contributed by atoms with E-state index in [2.05, 4.69) is 35.6 Å². The highest BCUT2D eigenvalue weighted by molar-refractivity contribution is 5.64. The van der Waals surface area contributed by atoms with Gasteiger partial charge in [0, 0.05) is 23.8 Å². The predicted molar refractivity (Wildman–Crippen MR) is 67.6 cm³/mol. The summed E-state index contributed by atoms with van der Waals surface area (Å²) in [7, 11) is 0. The van der Waals surface area contributed by atoms with Crippen LogP contribution in [0.4, 0.5) is 11.4 Å². The van der Waals surface area contributed by atoms with Gasteiger partial charge in [-0.05, 0) is 23.3 Å². The second-order valence-corrected chi connectivity index (χ2v) is 4.15. The molecule has 2 nitrogen and oxygen atoms in total. The van der Waals surface area contributed by atoms with Crippen molar-refractivity contribution in [3.63, 3.8) is 0 Å². The number of hydrogen-bond donors (Lipinski definition) is 2. The number of benzene rings is 2. The maximum atomic E-state index is 6.03. The van der Waals surface area contributed by atoms with Gasteiger partial charge >= 0.3 is 0 Å². The first kappa shape index (κ1) is 9.28. The molecule has 0 aromatic heterocycles. The molecule has 0 aliphatic carbocycles. The maximum Gasteiger partial charge on any atom is 0.0380 e. The van der Waals surface area contributed by atoms with Crippen LogP contribution in [0.1, 0.15) is 17.0 Å². The Bertz CT molecular complexity index is 520. The summed E-state index contributed by atoms with van der Waals surface area (Å²) in [6.07, 6.45) is 0. The minimum atomic E-state index is 0.386. The Balaban J connectivity index is 2.08. The molecule has 1 aliphatic rings. The Morgan fingerprint density at radius 3 is 2.44 bits per heavy atom. The van der Waals surface area contributed by atoms with Crippen LogP contribution in [0.25, 0.3) is 0 Å². The van der Waals surface area contributed by atoms with Gasteiger partial charge in [-0.3, -0.25) is 0 Å². The van der Waals surface area contributed by atoms with Crippen LogP contribution in [0.2, 0.25) is 0 Å². The van der Waals surface area contributed by atoms with Crippen molar-refractivity contribution in [2.45, 2.75) is 5.92 Å². The largest absolute Gasteiger partial charge is 0.398 e. The third-order valence-electron chi connectivity index (χ3n) is 3.20. The molecular formula is C14H14N2. The highest BCUT2D eigenvalue weighted by atomic mass is 14.9. The second kappa shape index (κ2) is 3.56. The number of nitrogen functional groups attached to an aromatic ring is 1. The van der Waals surface area contributed by atoms with E-state index in [9.17, 15) is 0 Å². The van der Waals surface area contributed by atoms with Gasteiger partial charge in [-0.2, -0.15) is 0 Å². The van der Waals surface area contributed by atoms with Crippen LogP contribution in [0, 0.1) is 0 Å². The highest BCUT2D eigenvalue weighted by Crippen LogP contribution is 2.37. The van der Waals surface area contributed by atoms with Crippen LogP contribution >= 0.6 is 0 Å². The predicted octanol–water partition coefficient (Wildman–Crippen LogP) is 2.83. The zero-order valence-corrected chi connectivity index (χ0v) is 8.98. The van der Waals surface area contributed by atoms with Gasteiger partial charge < -0.3 is 11.1 Å². The lowest BCUT2D eigenvalue weighted by Crippen LogP contribution is -2.06. The molecule has 1 atom stereocenters. The van der Waals surface area contributed by atoms with Gasteiger partial charge in [-0.1, -0.05) is 36.4 Å². The summed E-state index contributed by atoms with van der Waals surface area (Å²) in [5.41, 5.74) is 10.7. The SMILES string of the molecule is Nc1ccccc1C1CNc2ccccc21. The molecule has 0 saturated carbocycles. The molecule has 80 valence electrons. The Morgan fingerprint density at radius 1 is 0.938 bits per heavy atom. The van der Waals surface area contributed by atoms with Crippen LogP contribution in [0.15, 0.2) is 48.5 Å². The molecule has 0 fully saturated rings. The molecule has 1 heterocycles. The van der Waals surface area contributed by atoms with Crippen LogP contribution in [0.3, 0.4) is 0 Å². The van der Waals surface area contributed by atoms with E-state index in [0.717, 1.165) is 12.2 Å². The molecule has 3 N–H and O–H groups in total. The Hall–Kier alpha value is -1.96. The lowest BCUT2D eigenvalue weighted by molar-refractivity contribution is 0.910. The van der Waals surface area contributed by atoms with E-state index in [1.165, 1.54) is 16.8 Å². The molecule has 0 saturated heterocycles. The van der Waals surface area contributed by atoms with Crippen LogP contribution in [-0.2, 0) is 0 Å². The van der Waals surface area contributed by atoms with Crippen molar-refractivity contribution in [2.24, 2.45) is 0 Å². The average molecular weight is 210 g/mol. The monoisotopic (exact) mass is 210 g/mol. The van der Waals surface area contributed by atoms with E-state index in [1.807, 2.05) is 18.2 Å². The maximum absolute atomic E-state index is 6.03. The minimum absolute atomic E-state index is 0.386. The summed E-state index contributed by atoms with van der Waals surface area (Å²) in [5, 5.41) is 3.42. The molecule has 0 amide bonds. The van der Waals surface area contributed by atoms with E-state index in [4.69, 9.17) is 5.73 Å². The minimum Gasteiger partial charge on any atom is -0.398 e. The number of rotatable bonds is 1. The molecule has 2 aromatic rings. The number of para-hydroxylation sites is 2. The molecule has 0 spiro atoms.